The number of aryl methyl sites for hydroxylation is 1. The number of benzene rings is 2. The average molecular weight is 423 g/mol. The molecule has 1 N–H and O–H groups in total. The molecule has 0 fully saturated rings. The summed E-state index contributed by atoms with van der Waals surface area (Å²) in [6, 6.07) is 11.6. The largest absolute Gasteiger partial charge is 0.358 e. The van der Waals surface area contributed by atoms with Crippen molar-refractivity contribution >= 4 is 26.7 Å². The molecular weight excluding hydrogens is 396 g/mol. The lowest BCUT2D eigenvalue weighted by molar-refractivity contribution is 0.0913. The molecule has 5 rings (SSSR count). The van der Waals surface area contributed by atoms with E-state index in [0.29, 0.717) is 30.0 Å². The molecule has 1 aliphatic carbocycles. The number of nitrogens with zero attached hydrogens (tertiary/aromatic N) is 1. The van der Waals surface area contributed by atoms with Gasteiger partial charge in [-0.15, -0.1) is 0 Å². The highest BCUT2D eigenvalue weighted by Gasteiger charge is 2.35. The van der Waals surface area contributed by atoms with Crippen LogP contribution in [0.3, 0.4) is 0 Å². The van der Waals surface area contributed by atoms with Crippen molar-refractivity contribution in [3.05, 3.63) is 64.3 Å². The molecule has 30 heavy (non-hydrogen) atoms. The molecule has 0 radical (unpaired) electrons. The van der Waals surface area contributed by atoms with Crippen molar-refractivity contribution in [3.63, 3.8) is 0 Å². The van der Waals surface area contributed by atoms with Crippen LogP contribution in [0.25, 0.3) is 10.9 Å². The second-order valence-electron chi connectivity index (χ2n) is 9.44. The molecule has 5 nitrogen and oxygen atoms in total. The summed E-state index contributed by atoms with van der Waals surface area (Å²) in [5.41, 5.74) is 5.27. The highest BCUT2D eigenvalue weighted by Crippen LogP contribution is 2.39. The fourth-order valence-corrected chi connectivity index (χ4v) is 6.64. The maximum atomic E-state index is 13.5. The maximum absolute atomic E-state index is 13.5. The quantitative estimate of drug-likeness (QED) is 0.666. The number of aromatic amines is 1. The molecule has 0 spiro atoms. The summed E-state index contributed by atoms with van der Waals surface area (Å²) in [5, 5.41) is 0.839. The molecule has 0 atom stereocenters. The number of fused-ring (bicyclic) bond motifs is 4. The summed E-state index contributed by atoms with van der Waals surface area (Å²) in [5.74, 6) is 0.134. The zero-order chi connectivity index (χ0) is 21.3. The molecule has 0 saturated heterocycles. The Kier molecular flexibility index (Phi) is 4.25. The molecular formula is C24H26N2O3S. The summed E-state index contributed by atoms with van der Waals surface area (Å²) < 4.78 is 28.6. The summed E-state index contributed by atoms with van der Waals surface area (Å²) in [6.45, 7) is 6.87. The minimum absolute atomic E-state index is 0.0872. The van der Waals surface area contributed by atoms with Gasteiger partial charge in [0, 0.05) is 41.7 Å². The number of hydrogen-bond acceptors (Lipinski definition) is 3. The van der Waals surface area contributed by atoms with E-state index in [-0.39, 0.29) is 11.2 Å². The van der Waals surface area contributed by atoms with E-state index in [2.05, 4.69) is 24.9 Å². The SMILES string of the molecule is Cc1cc2c3c([nH]c2cc1S(=O)(=O)N1CCc2ccccc2C1)CC(C)(C)CC3=O. The van der Waals surface area contributed by atoms with Crippen LogP contribution in [0.1, 0.15) is 53.0 Å². The Morgan fingerprint density at radius 3 is 2.57 bits per heavy atom. The van der Waals surface area contributed by atoms with E-state index in [1.165, 1.54) is 5.56 Å². The lowest BCUT2D eigenvalue weighted by Crippen LogP contribution is -2.36. The lowest BCUT2D eigenvalue weighted by Gasteiger charge is -2.28. The third kappa shape index (κ3) is 3.01. The topological polar surface area (TPSA) is 70.2 Å². The van der Waals surface area contributed by atoms with Crippen molar-refractivity contribution in [1.82, 2.24) is 9.29 Å². The smallest absolute Gasteiger partial charge is 0.243 e. The number of Topliss-reactive ketones (excluding diaryl/α,β-unsaturated/α-hetero) is 1. The number of ketones is 1. The predicted octanol–water partition coefficient (Wildman–Crippen LogP) is 4.38. The minimum Gasteiger partial charge on any atom is -0.358 e. The molecule has 2 aliphatic rings. The fraction of sp³-hybridized carbons (Fsp3) is 0.375. The van der Waals surface area contributed by atoms with Crippen LogP contribution in [0.4, 0.5) is 0 Å². The Bertz CT molecular complexity index is 1300. The van der Waals surface area contributed by atoms with Crippen molar-refractivity contribution in [1.29, 1.82) is 0 Å². The number of rotatable bonds is 2. The molecule has 156 valence electrons. The number of sulfonamides is 1. The van der Waals surface area contributed by atoms with Crippen LogP contribution >= 0.6 is 0 Å². The molecule has 2 aromatic carbocycles. The van der Waals surface area contributed by atoms with Gasteiger partial charge < -0.3 is 4.98 Å². The van der Waals surface area contributed by atoms with Gasteiger partial charge in [-0.2, -0.15) is 4.31 Å². The van der Waals surface area contributed by atoms with Crippen molar-refractivity contribution in [3.8, 4) is 0 Å². The predicted molar refractivity (Wildman–Crippen MR) is 117 cm³/mol. The molecule has 3 aromatic rings. The standard InChI is InChI=1S/C24H26N2O3S/c1-15-10-18-19(25-20-12-24(2,3)13-21(27)23(18)20)11-22(15)30(28,29)26-9-8-16-6-4-5-7-17(16)14-26/h4-7,10-11,25H,8-9,12-14H2,1-3H3. The highest BCUT2D eigenvalue weighted by molar-refractivity contribution is 7.89. The van der Waals surface area contributed by atoms with E-state index in [1.54, 1.807) is 10.4 Å². The maximum Gasteiger partial charge on any atom is 0.243 e. The number of carbonyl (C=O) groups is 1. The van der Waals surface area contributed by atoms with Crippen molar-refractivity contribution in [2.45, 2.75) is 51.5 Å². The zero-order valence-corrected chi connectivity index (χ0v) is 18.4. The van der Waals surface area contributed by atoms with Crippen LogP contribution < -0.4 is 0 Å². The fourth-order valence-electron chi connectivity index (χ4n) is 4.99. The van der Waals surface area contributed by atoms with E-state index < -0.39 is 10.0 Å². The van der Waals surface area contributed by atoms with Gasteiger partial charge in [-0.25, -0.2) is 8.42 Å². The lowest BCUT2D eigenvalue weighted by atomic mass is 9.76. The molecule has 6 heteroatoms. The molecule has 1 aliphatic heterocycles. The highest BCUT2D eigenvalue weighted by atomic mass is 32.2. The second kappa shape index (κ2) is 6.53. The number of carbonyl (C=O) groups excluding carboxylic acids is 1. The van der Waals surface area contributed by atoms with Crippen LogP contribution in [0, 0.1) is 12.3 Å². The Morgan fingerprint density at radius 2 is 1.80 bits per heavy atom. The van der Waals surface area contributed by atoms with E-state index in [4.69, 9.17) is 0 Å². The van der Waals surface area contributed by atoms with Crippen LogP contribution in [-0.2, 0) is 29.4 Å². The number of nitrogens with one attached hydrogen (secondary N) is 1. The van der Waals surface area contributed by atoms with Crippen LogP contribution in [0.5, 0.6) is 0 Å². The second-order valence-corrected chi connectivity index (χ2v) is 11.3. The van der Waals surface area contributed by atoms with Crippen LogP contribution in [0.2, 0.25) is 0 Å². The Morgan fingerprint density at radius 1 is 1.07 bits per heavy atom. The summed E-state index contributed by atoms with van der Waals surface area (Å²) in [7, 11) is -3.64. The van der Waals surface area contributed by atoms with Gasteiger partial charge in [0.2, 0.25) is 10.0 Å². The Hall–Kier alpha value is -2.44. The summed E-state index contributed by atoms with van der Waals surface area (Å²) >= 11 is 0. The first kappa shape index (κ1) is 19.5. The monoisotopic (exact) mass is 422 g/mol. The Balaban J connectivity index is 1.58. The van der Waals surface area contributed by atoms with Gasteiger partial charge in [-0.05, 0) is 54.0 Å². The minimum atomic E-state index is -3.64. The molecule has 0 saturated carbocycles. The Labute approximate surface area is 177 Å². The van der Waals surface area contributed by atoms with E-state index in [1.807, 2.05) is 31.2 Å². The van der Waals surface area contributed by atoms with Crippen molar-refractivity contribution in [2.24, 2.45) is 5.41 Å². The molecule has 1 aromatic heterocycles. The van der Waals surface area contributed by atoms with Crippen molar-refractivity contribution in [2.75, 3.05) is 6.54 Å². The zero-order valence-electron chi connectivity index (χ0n) is 17.6. The molecule has 0 bridgehead atoms. The van der Waals surface area contributed by atoms with Gasteiger partial charge in [0.1, 0.15) is 0 Å². The normalized spacial score (nSPS) is 19.0. The van der Waals surface area contributed by atoms with Gasteiger partial charge in [-0.1, -0.05) is 38.1 Å². The molecule has 0 amide bonds. The van der Waals surface area contributed by atoms with Gasteiger partial charge >= 0.3 is 0 Å². The van der Waals surface area contributed by atoms with E-state index >= 15 is 0 Å². The first-order valence-electron chi connectivity index (χ1n) is 10.4. The van der Waals surface area contributed by atoms with Crippen LogP contribution in [-0.4, -0.2) is 30.0 Å². The van der Waals surface area contributed by atoms with Gasteiger partial charge in [-0.3, -0.25) is 4.79 Å². The number of hydrogen-bond donors (Lipinski definition) is 1. The number of aromatic nitrogens is 1. The first-order chi connectivity index (χ1) is 14.2. The van der Waals surface area contributed by atoms with Crippen LogP contribution in [0.15, 0.2) is 41.3 Å². The summed E-state index contributed by atoms with van der Waals surface area (Å²) in [4.78, 5) is 16.5. The van der Waals surface area contributed by atoms with Gasteiger partial charge in [0.05, 0.1) is 4.90 Å². The average Bonchev–Trinajstić information content (AvgIpc) is 3.02. The first-order valence-corrected chi connectivity index (χ1v) is 11.9. The van der Waals surface area contributed by atoms with Gasteiger partial charge in [0.15, 0.2) is 5.78 Å². The molecule has 0 unspecified atom stereocenters. The number of H-pyrrole nitrogens is 1. The van der Waals surface area contributed by atoms with E-state index in [0.717, 1.165) is 40.6 Å². The third-order valence-corrected chi connectivity index (χ3v) is 8.45. The van der Waals surface area contributed by atoms with Gasteiger partial charge in [0.25, 0.3) is 0 Å². The molecule has 2 heterocycles. The third-order valence-electron chi connectivity index (χ3n) is 6.46. The summed E-state index contributed by atoms with van der Waals surface area (Å²) in [6.07, 6.45) is 2.02. The van der Waals surface area contributed by atoms with E-state index in [9.17, 15) is 13.2 Å². The van der Waals surface area contributed by atoms with Crippen molar-refractivity contribution < 1.29 is 13.2 Å².